The van der Waals surface area contributed by atoms with Gasteiger partial charge in [0.15, 0.2) is 5.11 Å². The third-order valence-electron chi connectivity index (χ3n) is 2.15. The van der Waals surface area contributed by atoms with Gasteiger partial charge in [-0.05, 0) is 36.5 Å². The molecule has 0 radical (unpaired) electrons. The molecule has 0 saturated carbocycles. The van der Waals surface area contributed by atoms with Gasteiger partial charge in [0.05, 0.1) is 6.26 Å². The van der Waals surface area contributed by atoms with Crippen molar-refractivity contribution in [1.29, 1.82) is 0 Å². The van der Waals surface area contributed by atoms with E-state index in [2.05, 4.69) is 5.32 Å². The van der Waals surface area contributed by atoms with Crippen molar-refractivity contribution < 1.29 is 9.21 Å². The fourth-order valence-electron chi connectivity index (χ4n) is 1.26. The topological polar surface area (TPSA) is 45.5 Å². The van der Waals surface area contributed by atoms with Crippen LogP contribution in [0.5, 0.6) is 0 Å². The maximum absolute atomic E-state index is 11.6. The Morgan fingerprint density at radius 1 is 1.56 bits per heavy atom. The van der Waals surface area contributed by atoms with E-state index in [0.717, 1.165) is 5.76 Å². The third kappa shape index (κ3) is 2.04. The summed E-state index contributed by atoms with van der Waals surface area (Å²) in [5.41, 5.74) is 0.468. The number of allylic oxidation sites excluding steroid dienone is 2. The summed E-state index contributed by atoms with van der Waals surface area (Å²) in [6.45, 7) is 0. The maximum atomic E-state index is 11.6. The molecule has 1 aromatic heterocycles. The summed E-state index contributed by atoms with van der Waals surface area (Å²) in [7, 11) is 1.63. The molecule has 1 aliphatic heterocycles. The fourth-order valence-corrected chi connectivity index (χ4v) is 1.46. The summed E-state index contributed by atoms with van der Waals surface area (Å²) in [4.78, 5) is 12.9. The first-order valence-electron chi connectivity index (χ1n) is 4.69. The lowest BCUT2D eigenvalue weighted by Crippen LogP contribution is -2.25. The highest BCUT2D eigenvalue weighted by Gasteiger charge is 2.26. The average Bonchev–Trinajstić information content (AvgIpc) is 2.85. The predicted molar refractivity (Wildman–Crippen MR) is 64.3 cm³/mol. The maximum Gasteiger partial charge on any atom is 0.276 e. The molecule has 1 aliphatic rings. The van der Waals surface area contributed by atoms with Crippen LogP contribution in [0.2, 0.25) is 0 Å². The number of thiocarbonyl (C=S) groups is 1. The van der Waals surface area contributed by atoms with E-state index >= 15 is 0 Å². The smallest absolute Gasteiger partial charge is 0.276 e. The minimum absolute atomic E-state index is 0.130. The second kappa shape index (κ2) is 4.32. The Hall–Kier alpha value is -1.88. The molecule has 5 heteroatoms. The Morgan fingerprint density at radius 3 is 2.94 bits per heavy atom. The summed E-state index contributed by atoms with van der Waals surface area (Å²) >= 11 is 4.94. The van der Waals surface area contributed by atoms with E-state index in [1.165, 1.54) is 4.90 Å². The van der Waals surface area contributed by atoms with Gasteiger partial charge in [0.2, 0.25) is 0 Å². The van der Waals surface area contributed by atoms with Crippen LogP contribution in [0.4, 0.5) is 0 Å². The molecule has 1 fully saturated rings. The van der Waals surface area contributed by atoms with Crippen LogP contribution in [0.1, 0.15) is 5.76 Å². The first-order valence-corrected chi connectivity index (χ1v) is 5.10. The van der Waals surface area contributed by atoms with Gasteiger partial charge in [-0.2, -0.15) is 0 Å². The Bertz CT molecular complexity index is 474. The molecule has 0 aromatic carbocycles. The van der Waals surface area contributed by atoms with E-state index in [9.17, 15) is 4.79 Å². The first kappa shape index (κ1) is 10.6. The lowest BCUT2D eigenvalue weighted by Gasteiger charge is -2.02. The fraction of sp³-hybridized carbons (Fsp3) is 0.0909. The minimum Gasteiger partial charge on any atom is -0.465 e. The number of furan rings is 1. The third-order valence-corrected chi connectivity index (χ3v) is 2.52. The molecule has 1 aromatic rings. The van der Waals surface area contributed by atoms with Gasteiger partial charge in [-0.1, -0.05) is 6.08 Å². The predicted octanol–water partition coefficient (Wildman–Crippen LogP) is 1.52. The van der Waals surface area contributed by atoms with Gasteiger partial charge in [0, 0.05) is 7.05 Å². The lowest BCUT2D eigenvalue weighted by molar-refractivity contribution is -0.121. The Labute approximate surface area is 98.2 Å². The standard InChI is InChI=1S/C11H10N2O2S/c1-13-10(14)9(12-11(13)16)6-2-4-8-5-3-7-15-8/h2-7H,1H3,(H,12,16)/b4-2+,9-6+. The van der Waals surface area contributed by atoms with Gasteiger partial charge in [-0.15, -0.1) is 0 Å². The van der Waals surface area contributed by atoms with Crippen molar-refractivity contribution in [2.24, 2.45) is 0 Å². The highest BCUT2D eigenvalue weighted by Crippen LogP contribution is 2.08. The van der Waals surface area contributed by atoms with E-state index in [4.69, 9.17) is 16.6 Å². The average molecular weight is 234 g/mol. The molecular formula is C11H10N2O2S. The van der Waals surface area contributed by atoms with Gasteiger partial charge in [0.25, 0.3) is 5.91 Å². The van der Waals surface area contributed by atoms with E-state index < -0.39 is 0 Å². The zero-order valence-corrected chi connectivity index (χ0v) is 9.45. The van der Waals surface area contributed by atoms with Crippen molar-refractivity contribution in [2.45, 2.75) is 0 Å². The van der Waals surface area contributed by atoms with E-state index in [1.807, 2.05) is 6.07 Å². The van der Waals surface area contributed by atoms with Crippen molar-refractivity contribution >= 4 is 29.3 Å². The molecular weight excluding hydrogens is 224 g/mol. The largest absolute Gasteiger partial charge is 0.465 e. The molecule has 0 aliphatic carbocycles. The van der Waals surface area contributed by atoms with Gasteiger partial charge < -0.3 is 9.73 Å². The Morgan fingerprint density at radius 2 is 2.38 bits per heavy atom. The van der Waals surface area contributed by atoms with Gasteiger partial charge in [-0.3, -0.25) is 9.69 Å². The number of rotatable bonds is 2. The number of likely N-dealkylation sites (N-methyl/N-ethyl adjacent to an activating group) is 1. The number of hydrogen-bond acceptors (Lipinski definition) is 3. The number of hydrogen-bond donors (Lipinski definition) is 1. The Balaban J connectivity index is 2.09. The minimum atomic E-state index is -0.130. The summed E-state index contributed by atoms with van der Waals surface area (Å²) < 4.78 is 5.11. The van der Waals surface area contributed by atoms with Crippen molar-refractivity contribution in [3.8, 4) is 0 Å². The molecule has 1 saturated heterocycles. The molecule has 2 heterocycles. The van der Waals surface area contributed by atoms with E-state index in [1.54, 1.807) is 37.6 Å². The molecule has 0 spiro atoms. The van der Waals surface area contributed by atoms with Gasteiger partial charge >= 0.3 is 0 Å². The molecule has 4 nitrogen and oxygen atoms in total. The normalized spacial score (nSPS) is 18.8. The first-order chi connectivity index (χ1) is 7.68. The van der Waals surface area contributed by atoms with Crippen molar-refractivity contribution in [1.82, 2.24) is 10.2 Å². The second-order valence-electron chi connectivity index (χ2n) is 3.25. The van der Waals surface area contributed by atoms with Crippen LogP contribution >= 0.6 is 12.2 Å². The number of carbonyl (C=O) groups is 1. The van der Waals surface area contributed by atoms with Crippen molar-refractivity contribution in [2.75, 3.05) is 7.05 Å². The van der Waals surface area contributed by atoms with E-state index in [-0.39, 0.29) is 5.91 Å². The molecule has 2 rings (SSSR count). The van der Waals surface area contributed by atoms with Crippen LogP contribution in [-0.2, 0) is 4.79 Å². The lowest BCUT2D eigenvalue weighted by atomic mass is 10.3. The molecule has 1 amide bonds. The molecule has 16 heavy (non-hydrogen) atoms. The van der Waals surface area contributed by atoms with Gasteiger partial charge in [-0.25, -0.2) is 0 Å². The quantitative estimate of drug-likeness (QED) is 0.622. The van der Waals surface area contributed by atoms with Crippen LogP contribution < -0.4 is 5.32 Å². The van der Waals surface area contributed by atoms with Crippen LogP contribution in [0, 0.1) is 0 Å². The molecule has 0 atom stereocenters. The molecule has 82 valence electrons. The summed E-state index contributed by atoms with van der Waals surface area (Å²) in [5, 5.41) is 3.24. The van der Waals surface area contributed by atoms with Crippen molar-refractivity contribution in [3.05, 3.63) is 42.0 Å². The summed E-state index contributed by atoms with van der Waals surface area (Å²) in [5.74, 6) is 0.604. The van der Waals surface area contributed by atoms with Crippen LogP contribution in [0.3, 0.4) is 0 Å². The summed E-state index contributed by atoms with van der Waals surface area (Å²) in [6, 6.07) is 3.63. The number of amides is 1. The SMILES string of the molecule is CN1C(=O)/C(=C\C=C\c2ccco2)NC1=S. The second-order valence-corrected chi connectivity index (χ2v) is 3.64. The highest BCUT2D eigenvalue weighted by molar-refractivity contribution is 7.80. The molecule has 1 N–H and O–H groups in total. The highest BCUT2D eigenvalue weighted by atomic mass is 32.1. The number of carbonyl (C=O) groups excluding carboxylic acids is 1. The number of nitrogens with one attached hydrogen (secondary N) is 1. The molecule has 0 unspecified atom stereocenters. The monoisotopic (exact) mass is 234 g/mol. The van der Waals surface area contributed by atoms with E-state index in [0.29, 0.717) is 10.8 Å². The van der Waals surface area contributed by atoms with Crippen LogP contribution in [0.15, 0.2) is 40.7 Å². The zero-order valence-electron chi connectivity index (χ0n) is 8.64. The van der Waals surface area contributed by atoms with Crippen molar-refractivity contribution in [3.63, 3.8) is 0 Å². The van der Waals surface area contributed by atoms with Crippen LogP contribution in [-0.4, -0.2) is 23.0 Å². The zero-order chi connectivity index (χ0) is 11.5. The van der Waals surface area contributed by atoms with Crippen LogP contribution in [0.25, 0.3) is 6.08 Å². The Kier molecular flexibility index (Phi) is 2.87. The van der Waals surface area contributed by atoms with Gasteiger partial charge in [0.1, 0.15) is 11.5 Å². The number of nitrogens with zero attached hydrogens (tertiary/aromatic N) is 1. The summed E-state index contributed by atoms with van der Waals surface area (Å²) in [6.07, 6.45) is 6.76. The molecule has 0 bridgehead atoms.